The maximum atomic E-state index is 9.07. The van der Waals surface area contributed by atoms with Gasteiger partial charge >= 0.3 is 0 Å². The fraction of sp³-hybridized carbons (Fsp3) is 0.611. The van der Waals surface area contributed by atoms with Crippen molar-refractivity contribution < 1.29 is 14.4 Å². The van der Waals surface area contributed by atoms with E-state index in [2.05, 4.69) is 20.4 Å². The topological polar surface area (TPSA) is 96.5 Å². The normalized spacial score (nSPS) is 19.7. The molecule has 2 fully saturated rings. The van der Waals surface area contributed by atoms with E-state index in [1.807, 2.05) is 24.1 Å². The molecule has 1 aliphatic carbocycles. The largest absolute Gasteiger partial charge is 0.395 e. The Morgan fingerprint density at radius 1 is 1.23 bits per heavy atom. The van der Waals surface area contributed by atoms with E-state index in [9.17, 15) is 0 Å². The fourth-order valence-electron chi connectivity index (χ4n) is 3.16. The van der Waals surface area contributed by atoms with Gasteiger partial charge in [-0.3, -0.25) is 0 Å². The van der Waals surface area contributed by atoms with Crippen molar-refractivity contribution in [2.24, 2.45) is 0 Å². The number of ether oxygens (including phenoxy) is 1. The zero-order valence-electron chi connectivity index (χ0n) is 15.0. The van der Waals surface area contributed by atoms with E-state index in [1.165, 1.54) is 12.8 Å². The van der Waals surface area contributed by atoms with Gasteiger partial charge in [0, 0.05) is 44.2 Å². The Labute approximate surface area is 152 Å². The van der Waals surface area contributed by atoms with Crippen molar-refractivity contribution >= 4 is 11.8 Å². The van der Waals surface area contributed by atoms with Crippen LogP contribution in [0.15, 0.2) is 16.7 Å². The van der Waals surface area contributed by atoms with Crippen LogP contribution in [-0.2, 0) is 11.3 Å². The minimum Gasteiger partial charge on any atom is -0.395 e. The molecule has 0 unspecified atom stereocenters. The highest BCUT2D eigenvalue weighted by molar-refractivity contribution is 5.45. The van der Waals surface area contributed by atoms with Crippen LogP contribution in [0.4, 0.5) is 11.8 Å². The molecule has 0 radical (unpaired) electrons. The molecule has 1 atom stereocenters. The molecule has 2 N–H and O–H groups in total. The van der Waals surface area contributed by atoms with Crippen LogP contribution in [0.25, 0.3) is 0 Å². The summed E-state index contributed by atoms with van der Waals surface area (Å²) in [6.07, 6.45) is 3.36. The van der Waals surface area contributed by atoms with Gasteiger partial charge in [-0.2, -0.15) is 4.98 Å². The van der Waals surface area contributed by atoms with Gasteiger partial charge in [-0.15, -0.1) is 0 Å². The number of hydrogen-bond acceptors (Lipinski definition) is 8. The van der Waals surface area contributed by atoms with Crippen molar-refractivity contribution in [3.8, 4) is 0 Å². The standard InChI is InChI=1S/C18H25N5O3/c1-23(10-14-8-16(26-22-14)12-2-3-12)17-9-15(13-4-7-25-11-13)20-18(21-17)19-5-6-24/h8-9,12-13,24H,2-7,10-11H2,1H3,(H,19,20,21)/t13-/m0/s1. The van der Waals surface area contributed by atoms with Crippen LogP contribution in [0.3, 0.4) is 0 Å². The Kier molecular flexibility index (Phi) is 5.03. The van der Waals surface area contributed by atoms with E-state index in [-0.39, 0.29) is 12.5 Å². The van der Waals surface area contributed by atoms with E-state index in [0.717, 1.165) is 36.0 Å². The molecule has 2 aromatic rings. The average Bonchev–Trinajstić information content (AvgIpc) is 3.16. The summed E-state index contributed by atoms with van der Waals surface area (Å²) in [5.41, 5.74) is 1.88. The van der Waals surface area contributed by atoms with Crippen LogP contribution in [0.2, 0.25) is 0 Å². The molecule has 4 rings (SSSR count). The Morgan fingerprint density at radius 2 is 2.12 bits per heavy atom. The highest BCUT2D eigenvalue weighted by atomic mass is 16.5. The number of nitrogens with one attached hydrogen (secondary N) is 1. The minimum atomic E-state index is 0.0359. The molecular formula is C18H25N5O3. The van der Waals surface area contributed by atoms with E-state index >= 15 is 0 Å². The van der Waals surface area contributed by atoms with E-state index in [0.29, 0.717) is 31.6 Å². The molecule has 0 bridgehead atoms. The van der Waals surface area contributed by atoms with Gasteiger partial charge in [0.15, 0.2) is 0 Å². The molecule has 0 aromatic carbocycles. The Morgan fingerprint density at radius 3 is 2.85 bits per heavy atom. The Bertz CT molecular complexity index is 740. The van der Waals surface area contributed by atoms with Crippen molar-refractivity contribution in [2.45, 2.75) is 37.6 Å². The zero-order chi connectivity index (χ0) is 17.9. The third-order valence-corrected chi connectivity index (χ3v) is 4.82. The summed E-state index contributed by atoms with van der Waals surface area (Å²) >= 11 is 0. The number of aromatic nitrogens is 3. The summed E-state index contributed by atoms with van der Waals surface area (Å²) in [5, 5.41) is 16.3. The van der Waals surface area contributed by atoms with Crippen molar-refractivity contribution in [1.82, 2.24) is 15.1 Å². The molecule has 1 saturated carbocycles. The third kappa shape index (κ3) is 3.96. The van der Waals surface area contributed by atoms with Crippen LogP contribution in [-0.4, -0.2) is 53.6 Å². The molecular weight excluding hydrogens is 334 g/mol. The van der Waals surface area contributed by atoms with Crippen molar-refractivity contribution in [1.29, 1.82) is 0 Å². The van der Waals surface area contributed by atoms with E-state index < -0.39 is 0 Å². The van der Waals surface area contributed by atoms with Crippen molar-refractivity contribution in [2.75, 3.05) is 43.6 Å². The van der Waals surface area contributed by atoms with Gasteiger partial charge in [-0.25, -0.2) is 4.98 Å². The summed E-state index contributed by atoms with van der Waals surface area (Å²) in [6.45, 7) is 2.53. The summed E-state index contributed by atoms with van der Waals surface area (Å²) < 4.78 is 10.9. The molecule has 2 aliphatic rings. The van der Waals surface area contributed by atoms with E-state index in [1.54, 1.807) is 0 Å². The van der Waals surface area contributed by atoms with Gasteiger partial charge in [0.1, 0.15) is 17.3 Å². The quantitative estimate of drug-likeness (QED) is 0.737. The second-order valence-corrected chi connectivity index (χ2v) is 7.04. The summed E-state index contributed by atoms with van der Waals surface area (Å²) in [5.74, 6) is 3.19. The highest BCUT2D eigenvalue weighted by Gasteiger charge is 2.28. The molecule has 1 saturated heterocycles. The number of aliphatic hydroxyl groups excluding tert-OH is 1. The lowest BCUT2D eigenvalue weighted by molar-refractivity contribution is 0.193. The second kappa shape index (κ2) is 7.59. The van der Waals surface area contributed by atoms with Gasteiger partial charge in [-0.05, 0) is 19.3 Å². The Hall–Kier alpha value is -2.19. The van der Waals surface area contributed by atoms with Crippen LogP contribution in [0, 0.1) is 0 Å². The number of anilines is 2. The van der Waals surface area contributed by atoms with Crippen LogP contribution >= 0.6 is 0 Å². The first-order valence-corrected chi connectivity index (χ1v) is 9.21. The minimum absolute atomic E-state index is 0.0359. The van der Waals surface area contributed by atoms with Crippen molar-refractivity contribution in [3.05, 3.63) is 29.3 Å². The third-order valence-electron chi connectivity index (χ3n) is 4.82. The van der Waals surface area contributed by atoms with Crippen LogP contribution in [0.1, 0.15) is 48.2 Å². The SMILES string of the molecule is CN(Cc1cc(C2CC2)on1)c1cc([C@H]2CCOC2)nc(NCCO)n1. The zero-order valence-corrected chi connectivity index (χ0v) is 15.0. The molecule has 3 heterocycles. The highest BCUT2D eigenvalue weighted by Crippen LogP contribution is 2.40. The molecule has 0 spiro atoms. The van der Waals surface area contributed by atoms with Crippen LogP contribution < -0.4 is 10.2 Å². The predicted molar refractivity (Wildman–Crippen MR) is 96.4 cm³/mol. The predicted octanol–water partition coefficient (Wildman–Crippen LogP) is 1.89. The smallest absolute Gasteiger partial charge is 0.224 e. The number of nitrogens with zero attached hydrogens (tertiary/aromatic N) is 4. The number of aliphatic hydroxyl groups is 1. The molecule has 26 heavy (non-hydrogen) atoms. The summed E-state index contributed by atoms with van der Waals surface area (Å²) in [7, 11) is 1.98. The lowest BCUT2D eigenvalue weighted by atomic mass is 10.0. The first-order chi connectivity index (χ1) is 12.7. The molecule has 8 heteroatoms. The molecule has 1 aliphatic heterocycles. The molecule has 2 aromatic heterocycles. The van der Waals surface area contributed by atoms with Gasteiger partial charge in [0.25, 0.3) is 0 Å². The van der Waals surface area contributed by atoms with Gasteiger partial charge in [0.05, 0.1) is 25.5 Å². The monoisotopic (exact) mass is 359 g/mol. The Balaban J connectivity index is 1.52. The molecule has 8 nitrogen and oxygen atoms in total. The lowest BCUT2D eigenvalue weighted by Gasteiger charge is -2.19. The van der Waals surface area contributed by atoms with Gasteiger partial charge in [-0.1, -0.05) is 5.16 Å². The van der Waals surface area contributed by atoms with Gasteiger partial charge < -0.3 is 24.6 Å². The maximum Gasteiger partial charge on any atom is 0.224 e. The molecule has 0 amide bonds. The molecule has 140 valence electrons. The number of hydrogen-bond donors (Lipinski definition) is 2. The lowest BCUT2D eigenvalue weighted by Crippen LogP contribution is -2.20. The van der Waals surface area contributed by atoms with Crippen molar-refractivity contribution in [3.63, 3.8) is 0 Å². The second-order valence-electron chi connectivity index (χ2n) is 7.04. The number of rotatable bonds is 8. The fourth-order valence-corrected chi connectivity index (χ4v) is 3.16. The van der Waals surface area contributed by atoms with Gasteiger partial charge in [0.2, 0.25) is 5.95 Å². The first kappa shape index (κ1) is 17.2. The van der Waals surface area contributed by atoms with E-state index in [4.69, 9.17) is 14.4 Å². The summed E-state index contributed by atoms with van der Waals surface area (Å²) in [6, 6.07) is 4.07. The first-order valence-electron chi connectivity index (χ1n) is 9.21. The average molecular weight is 359 g/mol. The maximum absolute atomic E-state index is 9.07. The van der Waals surface area contributed by atoms with Crippen LogP contribution in [0.5, 0.6) is 0 Å². The summed E-state index contributed by atoms with van der Waals surface area (Å²) in [4.78, 5) is 11.2.